The minimum atomic E-state index is -0.366. The van der Waals surface area contributed by atoms with E-state index in [2.05, 4.69) is 0 Å². The summed E-state index contributed by atoms with van der Waals surface area (Å²) in [6, 6.07) is 5.14. The van der Waals surface area contributed by atoms with Crippen molar-refractivity contribution in [3.05, 3.63) is 23.8 Å². The molecular weight excluding hydrogens is 228 g/mol. The van der Waals surface area contributed by atoms with Crippen LogP contribution < -0.4 is 4.74 Å². The average molecular weight is 248 g/mol. The fourth-order valence-corrected chi connectivity index (χ4v) is 2.65. The molecule has 0 saturated heterocycles. The Morgan fingerprint density at radius 3 is 2.67 bits per heavy atom. The Kier molecular flexibility index (Phi) is 4.24. The van der Waals surface area contributed by atoms with Crippen molar-refractivity contribution in [2.24, 2.45) is 5.92 Å². The van der Waals surface area contributed by atoms with Gasteiger partial charge >= 0.3 is 5.97 Å². The Morgan fingerprint density at radius 2 is 2.06 bits per heavy atom. The minimum absolute atomic E-state index is 0.235. The Hall–Kier alpha value is -1.51. The van der Waals surface area contributed by atoms with Gasteiger partial charge in [0.05, 0.1) is 0 Å². The summed E-state index contributed by atoms with van der Waals surface area (Å²) in [5, 5.41) is 9.94. The summed E-state index contributed by atoms with van der Waals surface area (Å²) < 4.78 is 4.94. The molecule has 1 fully saturated rings. The number of benzene rings is 1. The van der Waals surface area contributed by atoms with Crippen molar-refractivity contribution in [2.45, 2.75) is 45.4 Å². The molecule has 1 aliphatic carbocycles. The van der Waals surface area contributed by atoms with Gasteiger partial charge in [-0.05, 0) is 24.0 Å². The molecule has 0 amide bonds. The van der Waals surface area contributed by atoms with Gasteiger partial charge in [0.25, 0.3) is 0 Å². The Labute approximate surface area is 108 Å². The highest BCUT2D eigenvalue weighted by Crippen LogP contribution is 2.31. The van der Waals surface area contributed by atoms with Crippen LogP contribution in [0.4, 0.5) is 0 Å². The van der Waals surface area contributed by atoms with Crippen LogP contribution in [0.1, 0.15) is 44.6 Å². The van der Waals surface area contributed by atoms with Crippen LogP contribution in [0.5, 0.6) is 11.5 Å². The van der Waals surface area contributed by atoms with Crippen molar-refractivity contribution in [3.63, 3.8) is 0 Å². The molecule has 1 aliphatic rings. The second-order valence-corrected chi connectivity index (χ2v) is 5.09. The molecule has 0 radical (unpaired) electrons. The number of ether oxygens (including phenoxy) is 1. The standard InChI is InChI=1S/C15H20O3/c1-11(16)18-14-8-7-13(15(17)10-14)9-12-5-3-2-4-6-12/h7-8,10,12,17H,2-6,9H2,1H3. The topological polar surface area (TPSA) is 46.5 Å². The maximum atomic E-state index is 10.8. The van der Waals surface area contributed by atoms with Crippen LogP contribution in [0, 0.1) is 5.92 Å². The van der Waals surface area contributed by atoms with Gasteiger partial charge in [0.2, 0.25) is 0 Å². The first-order chi connectivity index (χ1) is 8.65. The maximum absolute atomic E-state index is 10.8. The van der Waals surface area contributed by atoms with Crippen LogP contribution in [0.2, 0.25) is 0 Å². The highest BCUT2D eigenvalue weighted by Gasteiger charge is 2.16. The van der Waals surface area contributed by atoms with Crippen molar-refractivity contribution in [1.82, 2.24) is 0 Å². The minimum Gasteiger partial charge on any atom is -0.508 e. The van der Waals surface area contributed by atoms with Crippen molar-refractivity contribution < 1.29 is 14.6 Å². The monoisotopic (exact) mass is 248 g/mol. The molecule has 1 saturated carbocycles. The molecule has 0 aliphatic heterocycles. The number of hydrogen-bond acceptors (Lipinski definition) is 3. The third-order valence-corrected chi connectivity index (χ3v) is 3.55. The molecule has 98 valence electrons. The molecule has 2 rings (SSSR count). The van der Waals surface area contributed by atoms with Crippen LogP contribution >= 0.6 is 0 Å². The van der Waals surface area contributed by atoms with Gasteiger partial charge in [-0.2, -0.15) is 0 Å². The molecule has 0 spiro atoms. The molecule has 1 N–H and O–H groups in total. The van der Waals surface area contributed by atoms with Gasteiger partial charge in [0.15, 0.2) is 0 Å². The fraction of sp³-hybridized carbons (Fsp3) is 0.533. The molecule has 3 nitrogen and oxygen atoms in total. The number of carbonyl (C=O) groups excluding carboxylic acids is 1. The lowest BCUT2D eigenvalue weighted by Crippen LogP contribution is -2.09. The van der Waals surface area contributed by atoms with Gasteiger partial charge in [-0.3, -0.25) is 4.79 Å². The molecule has 1 aromatic rings. The summed E-state index contributed by atoms with van der Waals surface area (Å²) in [7, 11) is 0. The highest BCUT2D eigenvalue weighted by atomic mass is 16.5. The van der Waals surface area contributed by atoms with E-state index in [-0.39, 0.29) is 11.7 Å². The van der Waals surface area contributed by atoms with Gasteiger partial charge in [-0.15, -0.1) is 0 Å². The van der Waals surface area contributed by atoms with E-state index in [1.165, 1.54) is 45.1 Å². The second-order valence-electron chi connectivity index (χ2n) is 5.09. The smallest absolute Gasteiger partial charge is 0.308 e. The van der Waals surface area contributed by atoms with E-state index >= 15 is 0 Å². The lowest BCUT2D eigenvalue weighted by atomic mass is 9.85. The SMILES string of the molecule is CC(=O)Oc1ccc(CC2CCCCC2)c(O)c1. The molecule has 1 aromatic carbocycles. The number of esters is 1. The van der Waals surface area contributed by atoms with Gasteiger partial charge in [-0.1, -0.05) is 38.2 Å². The quantitative estimate of drug-likeness (QED) is 0.658. The predicted molar refractivity (Wildman–Crippen MR) is 69.7 cm³/mol. The second kappa shape index (κ2) is 5.89. The van der Waals surface area contributed by atoms with Crippen molar-refractivity contribution in [3.8, 4) is 11.5 Å². The summed E-state index contributed by atoms with van der Waals surface area (Å²) in [6.45, 7) is 1.35. The zero-order valence-electron chi connectivity index (χ0n) is 10.8. The number of phenols is 1. The largest absolute Gasteiger partial charge is 0.508 e. The van der Waals surface area contributed by atoms with E-state index in [0.717, 1.165) is 12.0 Å². The van der Waals surface area contributed by atoms with Gasteiger partial charge < -0.3 is 9.84 Å². The molecule has 18 heavy (non-hydrogen) atoms. The zero-order valence-corrected chi connectivity index (χ0v) is 10.8. The van der Waals surface area contributed by atoms with E-state index in [4.69, 9.17) is 4.74 Å². The Balaban J connectivity index is 2.02. The van der Waals surface area contributed by atoms with Crippen LogP contribution in [-0.4, -0.2) is 11.1 Å². The number of rotatable bonds is 3. The zero-order chi connectivity index (χ0) is 13.0. The first-order valence-electron chi connectivity index (χ1n) is 6.65. The fourth-order valence-electron chi connectivity index (χ4n) is 2.65. The van der Waals surface area contributed by atoms with E-state index < -0.39 is 0 Å². The lowest BCUT2D eigenvalue weighted by molar-refractivity contribution is -0.131. The number of carbonyl (C=O) groups is 1. The first kappa shape index (κ1) is 12.9. The van der Waals surface area contributed by atoms with E-state index in [9.17, 15) is 9.90 Å². The number of aromatic hydroxyl groups is 1. The van der Waals surface area contributed by atoms with Crippen molar-refractivity contribution in [1.29, 1.82) is 0 Å². The van der Waals surface area contributed by atoms with Gasteiger partial charge in [0.1, 0.15) is 11.5 Å². The maximum Gasteiger partial charge on any atom is 0.308 e. The summed E-state index contributed by atoms with van der Waals surface area (Å²) in [4.78, 5) is 10.8. The van der Waals surface area contributed by atoms with Crippen molar-refractivity contribution in [2.75, 3.05) is 0 Å². The molecule has 3 heteroatoms. The summed E-state index contributed by atoms with van der Waals surface area (Å²) in [5.74, 6) is 0.963. The van der Waals surface area contributed by atoms with Crippen LogP contribution in [0.25, 0.3) is 0 Å². The lowest BCUT2D eigenvalue weighted by Gasteiger charge is -2.21. The number of hydrogen-bond donors (Lipinski definition) is 1. The highest BCUT2D eigenvalue weighted by molar-refractivity contribution is 5.69. The molecule has 0 unspecified atom stereocenters. The normalized spacial score (nSPS) is 16.5. The van der Waals surface area contributed by atoms with Crippen LogP contribution in [0.3, 0.4) is 0 Å². The third-order valence-electron chi connectivity index (χ3n) is 3.55. The van der Waals surface area contributed by atoms with Crippen LogP contribution in [-0.2, 0) is 11.2 Å². The molecule has 0 heterocycles. The predicted octanol–water partition coefficient (Wildman–Crippen LogP) is 3.44. The van der Waals surface area contributed by atoms with Gasteiger partial charge in [-0.25, -0.2) is 0 Å². The molecule has 0 atom stereocenters. The Bertz CT molecular complexity index is 420. The molecule has 0 aromatic heterocycles. The van der Waals surface area contributed by atoms with Crippen molar-refractivity contribution >= 4 is 5.97 Å². The van der Waals surface area contributed by atoms with E-state index in [1.54, 1.807) is 6.07 Å². The first-order valence-corrected chi connectivity index (χ1v) is 6.65. The summed E-state index contributed by atoms with van der Waals surface area (Å²) in [6.07, 6.45) is 7.38. The summed E-state index contributed by atoms with van der Waals surface area (Å²) in [5.41, 5.74) is 0.956. The Morgan fingerprint density at radius 1 is 1.33 bits per heavy atom. The van der Waals surface area contributed by atoms with E-state index in [0.29, 0.717) is 11.7 Å². The third kappa shape index (κ3) is 3.49. The average Bonchev–Trinajstić information content (AvgIpc) is 2.33. The molecular formula is C15H20O3. The van der Waals surface area contributed by atoms with Gasteiger partial charge in [0, 0.05) is 13.0 Å². The molecule has 0 bridgehead atoms. The number of phenolic OH excluding ortho intramolecular Hbond substituents is 1. The van der Waals surface area contributed by atoms with Crippen LogP contribution in [0.15, 0.2) is 18.2 Å². The summed E-state index contributed by atoms with van der Waals surface area (Å²) >= 11 is 0. The van der Waals surface area contributed by atoms with E-state index in [1.807, 2.05) is 6.07 Å².